The molecule has 0 fully saturated rings. The van der Waals surface area contributed by atoms with Crippen molar-refractivity contribution in [3.63, 3.8) is 0 Å². The number of fused-ring (bicyclic) bond motifs is 3. The first-order valence-electron chi connectivity index (χ1n) is 9.33. The predicted octanol–water partition coefficient (Wildman–Crippen LogP) is 4.96. The highest BCUT2D eigenvalue weighted by atomic mass is 32.1. The van der Waals surface area contributed by atoms with Gasteiger partial charge in [-0.15, -0.1) is 0 Å². The van der Waals surface area contributed by atoms with Crippen LogP contribution in [0.5, 0.6) is 0 Å². The first-order chi connectivity index (χ1) is 11.8. The number of thiazole rings is 1. The highest BCUT2D eigenvalue weighted by molar-refractivity contribution is 7.19. The average Bonchev–Trinajstić information content (AvgIpc) is 3.02. The molecule has 0 amide bonds. The second-order valence-corrected chi connectivity index (χ2v) is 7.71. The van der Waals surface area contributed by atoms with Crippen LogP contribution in [-0.2, 0) is 12.8 Å². The summed E-state index contributed by atoms with van der Waals surface area (Å²) in [5.74, 6) is 0.495. The molecule has 1 aliphatic rings. The molecular weight excluding hydrogens is 314 g/mol. The first kappa shape index (κ1) is 17.4. The molecule has 0 saturated carbocycles. The summed E-state index contributed by atoms with van der Waals surface area (Å²) in [6, 6.07) is 6.98. The van der Waals surface area contributed by atoms with Gasteiger partial charge >= 0.3 is 0 Å². The van der Waals surface area contributed by atoms with E-state index in [1.165, 1.54) is 52.9 Å². The molecule has 130 valence electrons. The molecule has 1 unspecified atom stereocenters. The topological polar surface area (TPSA) is 50.9 Å². The first-order valence-corrected chi connectivity index (χ1v) is 10.1. The number of anilines is 1. The van der Waals surface area contributed by atoms with Crippen molar-refractivity contribution < 1.29 is 0 Å². The fourth-order valence-electron chi connectivity index (χ4n) is 3.50. The minimum absolute atomic E-state index is 0.495. The number of nitrogens with two attached hydrogens (primary N) is 1. The van der Waals surface area contributed by atoms with Gasteiger partial charge in [-0.05, 0) is 54.8 Å². The van der Waals surface area contributed by atoms with E-state index < -0.39 is 0 Å². The molecule has 1 aliphatic carbocycles. The van der Waals surface area contributed by atoms with Gasteiger partial charge in [-0.2, -0.15) is 0 Å². The molecule has 3 nitrogen and oxygen atoms in total. The minimum atomic E-state index is 0.495. The zero-order chi connectivity index (χ0) is 16.9. The summed E-state index contributed by atoms with van der Waals surface area (Å²) in [5, 5.41) is 4.56. The standard InChI is InChI=1S/C20H29N3S/c1-3-5-11-22-20-23-18-10-8-15-12-14(16(13-21)6-4-2)7-9-17(15)19(18)24-20/h7,9,12,16H,3-6,8,10-11,13,21H2,1-2H3,(H,22,23). The maximum Gasteiger partial charge on any atom is 0.183 e. The molecule has 0 aliphatic heterocycles. The summed E-state index contributed by atoms with van der Waals surface area (Å²) in [5.41, 5.74) is 11.5. The maximum atomic E-state index is 5.99. The van der Waals surface area contributed by atoms with Crippen molar-refractivity contribution in [1.29, 1.82) is 0 Å². The fourth-order valence-corrected chi connectivity index (χ4v) is 4.60. The molecule has 3 N–H and O–H groups in total. The third-order valence-corrected chi connectivity index (χ3v) is 5.99. The molecule has 1 heterocycles. The summed E-state index contributed by atoms with van der Waals surface area (Å²) in [4.78, 5) is 6.17. The smallest absolute Gasteiger partial charge is 0.183 e. The van der Waals surface area contributed by atoms with Crippen molar-refractivity contribution in [1.82, 2.24) is 4.98 Å². The lowest BCUT2D eigenvalue weighted by Crippen LogP contribution is -2.13. The Hall–Kier alpha value is -1.39. The third-order valence-electron chi connectivity index (χ3n) is 4.90. The predicted molar refractivity (Wildman–Crippen MR) is 105 cm³/mol. The van der Waals surface area contributed by atoms with Crippen LogP contribution in [-0.4, -0.2) is 18.1 Å². The SMILES string of the molecule is CCCCNc1nc2c(s1)-c1ccc(C(CN)CCC)cc1CC2. The van der Waals surface area contributed by atoms with Crippen LogP contribution in [0.3, 0.4) is 0 Å². The van der Waals surface area contributed by atoms with Gasteiger partial charge in [0.25, 0.3) is 0 Å². The summed E-state index contributed by atoms with van der Waals surface area (Å²) < 4.78 is 0. The Labute approximate surface area is 149 Å². The summed E-state index contributed by atoms with van der Waals surface area (Å²) >= 11 is 1.81. The van der Waals surface area contributed by atoms with Crippen LogP contribution in [0.2, 0.25) is 0 Å². The molecular formula is C20H29N3S. The van der Waals surface area contributed by atoms with Crippen LogP contribution < -0.4 is 11.1 Å². The molecule has 1 aromatic carbocycles. The number of unbranched alkanes of at least 4 members (excludes halogenated alkanes) is 1. The molecule has 1 atom stereocenters. The number of nitrogens with one attached hydrogen (secondary N) is 1. The number of hydrogen-bond donors (Lipinski definition) is 2. The molecule has 2 aromatic rings. The Morgan fingerprint density at radius 2 is 2.12 bits per heavy atom. The van der Waals surface area contributed by atoms with Crippen LogP contribution in [0, 0.1) is 0 Å². The van der Waals surface area contributed by atoms with E-state index in [4.69, 9.17) is 10.7 Å². The van der Waals surface area contributed by atoms with Gasteiger partial charge in [0.2, 0.25) is 0 Å². The van der Waals surface area contributed by atoms with Gasteiger partial charge in [0.1, 0.15) is 0 Å². The van der Waals surface area contributed by atoms with E-state index in [2.05, 4.69) is 37.4 Å². The number of aryl methyl sites for hydroxylation is 2. The van der Waals surface area contributed by atoms with Crippen molar-refractivity contribution in [2.24, 2.45) is 5.73 Å². The fraction of sp³-hybridized carbons (Fsp3) is 0.550. The molecule has 0 radical (unpaired) electrons. The van der Waals surface area contributed by atoms with E-state index in [9.17, 15) is 0 Å². The van der Waals surface area contributed by atoms with Crippen molar-refractivity contribution in [3.05, 3.63) is 35.0 Å². The van der Waals surface area contributed by atoms with Crippen LogP contribution >= 0.6 is 11.3 Å². The Bertz CT molecular complexity index is 678. The largest absolute Gasteiger partial charge is 0.361 e. The maximum absolute atomic E-state index is 5.99. The number of hydrogen-bond acceptors (Lipinski definition) is 4. The molecule has 1 aromatic heterocycles. The van der Waals surface area contributed by atoms with Crippen molar-refractivity contribution in [2.75, 3.05) is 18.4 Å². The Kier molecular flexibility index (Phi) is 5.90. The van der Waals surface area contributed by atoms with E-state index >= 15 is 0 Å². The molecule has 0 bridgehead atoms. The van der Waals surface area contributed by atoms with Crippen LogP contribution in [0.1, 0.15) is 62.3 Å². The molecule has 0 spiro atoms. The molecule has 3 rings (SSSR count). The number of benzene rings is 1. The number of aromatic nitrogens is 1. The van der Waals surface area contributed by atoms with Gasteiger partial charge in [-0.1, -0.05) is 56.2 Å². The second kappa shape index (κ2) is 8.13. The minimum Gasteiger partial charge on any atom is -0.361 e. The van der Waals surface area contributed by atoms with Gasteiger partial charge in [-0.3, -0.25) is 0 Å². The molecule has 0 saturated heterocycles. The van der Waals surface area contributed by atoms with Gasteiger partial charge in [0.05, 0.1) is 10.6 Å². The Balaban J connectivity index is 1.84. The van der Waals surface area contributed by atoms with Crippen LogP contribution in [0.4, 0.5) is 5.13 Å². The van der Waals surface area contributed by atoms with Gasteiger partial charge in [0, 0.05) is 6.54 Å². The lowest BCUT2D eigenvalue weighted by Gasteiger charge is -2.20. The van der Waals surface area contributed by atoms with Gasteiger partial charge < -0.3 is 11.1 Å². The van der Waals surface area contributed by atoms with Crippen LogP contribution in [0.25, 0.3) is 10.4 Å². The number of nitrogens with zero attached hydrogens (tertiary/aromatic N) is 1. The van der Waals surface area contributed by atoms with E-state index in [0.717, 1.165) is 31.1 Å². The molecule has 4 heteroatoms. The summed E-state index contributed by atoms with van der Waals surface area (Å²) in [6.07, 6.45) is 6.92. The van der Waals surface area contributed by atoms with Crippen molar-refractivity contribution >= 4 is 16.5 Å². The lowest BCUT2D eigenvalue weighted by molar-refractivity contribution is 0.621. The summed E-state index contributed by atoms with van der Waals surface area (Å²) in [7, 11) is 0. The zero-order valence-electron chi connectivity index (χ0n) is 14.9. The Morgan fingerprint density at radius 3 is 2.88 bits per heavy atom. The van der Waals surface area contributed by atoms with E-state index in [1.54, 1.807) is 0 Å². The van der Waals surface area contributed by atoms with Gasteiger partial charge in [0.15, 0.2) is 5.13 Å². The normalized spacial score (nSPS) is 14.1. The number of rotatable bonds is 8. The average molecular weight is 344 g/mol. The zero-order valence-corrected chi connectivity index (χ0v) is 15.7. The Morgan fingerprint density at radius 1 is 1.25 bits per heavy atom. The summed E-state index contributed by atoms with van der Waals surface area (Å²) in [6.45, 7) is 6.21. The van der Waals surface area contributed by atoms with Crippen molar-refractivity contribution in [2.45, 2.75) is 58.3 Å². The quantitative estimate of drug-likeness (QED) is 0.666. The van der Waals surface area contributed by atoms with Gasteiger partial charge in [-0.25, -0.2) is 4.98 Å². The second-order valence-electron chi connectivity index (χ2n) is 6.71. The third kappa shape index (κ3) is 3.65. The highest BCUT2D eigenvalue weighted by Crippen LogP contribution is 2.40. The van der Waals surface area contributed by atoms with Crippen molar-refractivity contribution in [3.8, 4) is 10.4 Å². The lowest BCUT2D eigenvalue weighted by atomic mass is 9.87. The monoisotopic (exact) mass is 343 g/mol. The van der Waals surface area contributed by atoms with E-state index in [-0.39, 0.29) is 0 Å². The molecule has 24 heavy (non-hydrogen) atoms. The highest BCUT2D eigenvalue weighted by Gasteiger charge is 2.22. The van der Waals surface area contributed by atoms with E-state index in [0.29, 0.717) is 5.92 Å². The van der Waals surface area contributed by atoms with E-state index in [1.807, 2.05) is 11.3 Å². The van der Waals surface area contributed by atoms with Crippen LogP contribution in [0.15, 0.2) is 18.2 Å².